The third kappa shape index (κ3) is 2.58. The number of fused-ring (bicyclic) bond motifs is 4. The number of para-hydroxylation sites is 1. The van der Waals surface area contributed by atoms with E-state index in [1.165, 1.54) is 10.1 Å². The highest BCUT2D eigenvalue weighted by Gasteiger charge is 2.52. The van der Waals surface area contributed by atoms with Crippen molar-refractivity contribution in [2.75, 3.05) is 25.5 Å². The van der Waals surface area contributed by atoms with Gasteiger partial charge in [0.2, 0.25) is 0 Å². The van der Waals surface area contributed by atoms with Crippen LogP contribution in [0.1, 0.15) is 24.0 Å². The third-order valence-electron chi connectivity index (χ3n) is 5.04. The van der Waals surface area contributed by atoms with Gasteiger partial charge in [0.25, 0.3) is 0 Å². The Hall–Kier alpha value is -3.03. The lowest BCUT2D eigenvalue weighted by Gasteiger charge is -2.30. The van der Waals surface area contributed by atoms with E-state index >= 15 is 0 Å². The molecule has 1 aliphatic carbocycles. The smallest absolute Gasteiger partial charge is 0.349 e. The molecule has 8 nitrogen and oxygen atoms in total. The minimum absolute atomic E-state index is 0.0642. The molecule has 0 radical (unpaired) electrons. The molecule has 2 heterocycles. The van der Waals surface area contributed by atoms with Crippen LogP contribution < -0.4 is 26.8 Å². The van der Waals surface area contributed by atoms with Crippen molar-refractivity contribution in [2.24, 2.45) is 17.8 Å². The first-order valence-corrected chi connectivity index (χ1v) is 8.63. The quantitative estimate of drug-likeness (QED) is 0.427. The minimum Gasteiger partial charge on any atom is -0.490 e. The fourth-order valence-electron chi connectivity index (χ4n) is 3.52. The van der Waals surface area contributed by atoms with E-state index in [1.54, 1.807) is 14.1 Å². The molecule has 0 unspecified atom stereocenters. The van der Waals surface area contributed by atoms with Gasteiger partial charge in [-0.25, -0.2) is 4.79 Å². The number of hydrogen-bond donors (Lipinski definition) is 3. The number of aromatic nitrogens is 2. The van der Waals surface area contributed by atoms with E-state index < -0.39 is 0 Å². The van der Waals surface area contributed by atoms with Crippen molar-refractivity contribution < 1.29 is 4.74 Å². The zero-order valence-corrected chi connectivity index (χ0v) is 14.9. The van der Waals surface area contributed by atoms with Crippen molar-refractivity contribution in [3.05, 3.63) is 46.0 Å². The Morgan fingerprint density at radius 2 is 2.27 bits per heavy atom. The zero-order chi connectivity index (χ0) is 18.3. The molecule has 2 aliphatic rings. The summed E-state index contributed by atoms with van der Waals surface area (Å²) in [7, 11) is 3.36. The van der Waals surface area contributed by atoms with Crippen LogP contribution in [-0.2, 0) is 12.5 Å². The molecule has 4 N–H and O–H groups in total. The molecular weight excluding hydrogens is 332 g/mol. The lowest BCUT2D eigenvalue weighted by atomic mass is 9.85. The minimum atomic E-state index is -0.271. The van der Waals surface area contributed by atoms with Gasteiger partial charge in [0.1, 0.15) is 18.2 Å². The van der Waals surface area contributed by atoms with Crippen LogP contribution >= 0.6 is 0 Å². The standard InChI is InChI=1S/C18H22N6O2/c1-20-16(19)21-8-9-26-13-5-3-4-11-14(13)22-15-12(18(11)6-7-18)10-24(2)17(25)23-15/h3-5,10H,6-9H2,1-2H3,(H3,19,20,21)(H,22,23,25). The van der Waals surface area contributed by atoms with Crippen LogP contribution in [0, 0.1) is 0 Å². The van der Waals surface area contributed by atoms with Crippen LogP contribution in [0.3, 0.4) is 0 Å². The van der Waals surface area contributed by atoms with Crippen molar-refractivity contribution in [1.82, 2.24) is 14.9 Å². The van der Waals surface area contributed by atoms with Gasteiger partial charge in [-0.1, -0.05) is 12.1 Å². The molecule has 0 atom stereocenters. The van der Waals surface area contributed by atoms with Gasteiger partial charge >= 0.3 is 5.69 Å². The number of ether oxygens (including phenoxy) is 1. The molecule has 8 heteroatoms. The van der Waals surface area contributed by atoms with Crippen LogP contribution in [0.4, 0.5) is 11.5 Å². The van der Waals surface area contributed by atoms with Crippen LogP contribution in [0.2, 0.25) is 0 Å². The predicted octanol–water partition coefficient (Wildman–Crippen LogP) is 0.830. The summed E-state index contributed by atoms with van der Waals surface area (Å²) in [6.45, 7) is 0.992. The second-order valence-corrected chi connectivity index (χ2v) is 6.67. The molecule has 4 rings (SSSR count). The van der Waals surface area contributed by atoms with Gasteiger partial charge in [-0.05, 0) is 24.5 Å². The fraction of sp³-hybridized carbons (Fsp3) is 0.389. The summed E-state index contributed by atoms with van der Waals surface area (Å²) < 4.78 is 7.48. The van der Waals surface area contributed by atoms with E-state index in [1.807, 2.05) is 18.3 Å². The summed E-state index contributed by atoms with van der Waals surface area (Å²) in [6, 6.07) is 6.05. The lowest BCUT2D eigenvalue weighted by molar-refractivity contribution is 0.323. The fourth-order valence-corrected chi connectivity index (χ4v) is 3.52. The van der Waals surface area contributed by atoms with E-state index in [-0.39, 0.29) is 11.1 Å². The van der Waals surface area contributed by atoms with Gasteiger partial charge in [0, 0.05) is 31.3 Å². The average molecular weight is 354 g/mol. The van der Waals surface area contributed by atoms with Crippen molar-refractivity contribution in [3.8, 4) is 5.75 Å². The summed E-state index contributed by atoms with van der Waals surface area (Å²) in [4.78, 5) is 20.0. The maximum absolute atomic E-state index is 12.0. The van der Waals surface area contributed by atoms with Gasteiger partial charge in [-0.15, -0.1) is 0 Å². The second kappa shape index (κ2) is 6.05. The van der Waals surface area contributed by atoms with Gasteiger partial charge in [0.05, 0.1) is 12.2 Å². The first-order valence-electron chi connectivity index (χ1n) is 8.63. The maximum atomic E-state index is 12.0. The van der Waals surface area contributed by atoms with Crippen LogP contribution in [-0.4, -0.2) is 35.7 Å². The highest BCUT2D eigenvalue weighted by molar-refractivity contribution is 5.79. The highest BCUT2D eigenvalue weighted by Crippen LogP contribution is 2.60. The average Bonchev–Trinajstić information content (AvgIpc) is 3.42. The molecule has 1 saturated carbocycles. The lowest BCUT2D eigenvalue weighted by Crippen LogP contribution is -2.34. The number of nitrogens with zero attached hydrogens (tertiary/aromatic N) is 3. The number of rotatable bonds is 4. The van der Waals surface area contributed by atoms with E-state index in [2.05, 4.69) is 26.7 Å². The molecule has 1 aromatic carbocycles. The largest absolute Gasteiger partial charge is 0.490 e. The Morgan fingerprint density at radius 1 is 1.46 bits per heavy atom. The summed E-state index contributed by atoms with van der Waals surface area (Å²) in [5, 5.41) is 6.28. The highest BCUT2D eigenvalue weighted by atomic mass is 16.5. The summed E-state index contributed by atoms with van der Waals surface area (Å²) >= 11 is 0. The zero-order valence-electron chi connectivity index (χ0n) is 14.9. The number of hydrogen-bond acceptors (Lipinski definition) is 5. The molecule has 1 spiro atoms. The number of guanidine groups is 1. The van der Waals surface area contributed by atoms with E-state index in [0.29, 0.717) is 24.9 Å². The number of aryl methyl sites for hydroxylation is 1. The number of aliphatic imine (C=N–C) groups is 1. The monoisotopic (exact) mass is 354 g/mol. The van der Waals surface area contributed by atoms with Crippen LogP contribution in [0.25, 0.3) is 0 Å². The molecule has 2 aromatic rings. The Kier molecular flexibility index (Phi) is 3.82. The van der Waals surface area contributed by atoms with Gasteiger partial charge in [-0.3, -0.25) is 4.99 Å². The Bertz CT molecular complexity index is 945. The normalized spacial score (nSPS) is 16.5. The summed E-state index contributed by atoms with van der Waals surface area (Å²) in [5.41, 5.74) is 8.46. The molecule has 26 heavy (non-hydrogen) atoms. The van der Waals surface area contributed by atoms with Crippen molar-refractivity contribution in [3.63, 3.8) is 0 Å². The van der Waals surface area contributed by atoms with Gasteiger partial charge in [-0.2, -0.15) is 4.98 Å². The van der Waals surface area contributed by atoms with Crippen molar-refractivity contribution >= 4 is 17.5 Å². The molecule has 0 bridgehead atoms. The molecular formula is C18H22N6O2. The molecule has 1 fully saturated rings. The van der Waals surface area contributed by atoms with Crippen molar-refractivity contribution in [2.45, 2.75) is 18.3 Å². The topological polar surface area (TPSA) is 107 Å². The maximum Gasteiger partial charge on any atom is 0.349 e. The molecule has 1 aliphatic heterocycles. The molecule has 136 valence electrons. The Balaban J connectivity index is 1.63. The SMILES string of the molecule is C/N=C(/N)NCCOc1cccc2c1Nc1nc(=O)n(C)cc1C21CC1. The summed E-state index contributed by atoms with van der Waals surface area (Å²) in [6.07, 6.45) is 3.99. The Labute approximate surface area is 151 Å². The number of nitrogens with two attached hydrogens (primary N) is 1. The number of nitrogens with one attached hydrogen (secondary N) is 2. The van der Waals surface area contributed by atoms with Crippen LogP contribution in [0.5, 0.6) is 5.75 Å². The predicted molar refractivity (Wildman–Crippen MR) is 100 cm³/mol. The second-order valence-electron chi connectivity index (χ2n) is 6.67. The molecule has 1 aromatic heterocycles. The van der Waals surface area contributed by atoms with Gasteiger partial charge < -0.3 is 25.7 Å². The Morgan fingerprint density at radius 3 is 3.00 bits per heavy atom. The van der Waals surface area contributed by atoms with E-state index in [4.69, 9.17) is 10.5 Å². The number of anilines is 2. The number of benzene rings is 1. The van der Waals surface area contributed by atoms with Crippen molar-refractivity contribution in [1.29, 1.82) is 0 Å². The third-order valence-corrected chi connectivity index (χ3v) is 5.04. The van der Waals surface area contributed by atoms with Crippen LogP contribution in [0.15, 0.2) is 34.2 Å². The molecule has 0 saturated heterocycles. The first kappa shape index (κ1) is 16.4. The first-order chi connectivity index (χ1) is 12.5. The molecule has 0 amide bonds. The summed E-state index contributed by atoms with van der Waals surface area (Å²) in [5.74, 6) is 1.76. The van der Waals surface area contributed by atoms with Gasteiger partial charge in [0.15, 0.2) is 5.96 Å². The van der Waals surface area contributed by atoms with E-state index in [0.717, 1.165) is 29.8 Å². The van der Waals surface area contributed by atoms with E-state index in [9.17, 15) is 4.79 Å².